The van der Waals surface area contributed by atoms with Crippen LogP contribution in [0.25, 0.3) is 89.7 Å². The number of hydrogen-bond acceptors (Lipinski definition) is 14. The van der Waals surface area contributed by atoms with E-state index < -0.39 is 0 Å². The molecule has 5 heterocycles. The fourth-order valence-electron chi connectivity index (χ4n) is 11.3. The van der Waals surface area contributed by atoms with Gasteiger partial charge >= 0.3 is 0 Å². The molecule has 0 saturated heterocycles. The molecule has 0 atom stereocenters. The van der Waals surface area contributed by atoms with Crippen LogP contribution in [-0.4, -0.2) is 92.7 Å². The highest BCUT2D eigenvalue weighted by Crippen LogP contribution is 2.59. The number of ether oxygens (including phenoxy) is 8. The molecular weight excluding hydrogens is 1100 g/mol. The fourth-order valence-corrected chi connectivity index (χ4v) is 11.3. The Balaban J connectivity index is 1.51. The second-order valence-electron chi connectivity index (χ2n) is 23.3. The van der Waals surface area contributed by atoms with Gasteiger partial charge in [0.15, 0.2) is 46.3 Å². The van der Waals surface area contributed by atoms with Crippen LogP contribution in [0.2, 0.25) is 0 Å². The van der Waals surface area contributed by atoms with Gasteiger partial charge in [0.25, 0.3) is 0 Å². The van der Waals surface area contributed by atoms with Crippen molar-refractivity contribution in [3.05, 3.63) is 48.5 Å². The largest absolute Gasteiger partial charge is 0.489 e. The molecular formula is C72H98N8O8. The highest BCUT2D eigenvalue weighted by Gasteiger charge is 2.38. The summed E-state index contributed by atoms with van der Waals surface area (Å²) in [6.07, 6.45) is 22.8. The number of nitrogens with one attached hydrogen (secondary N) is 2. The number of fused-ring (bicyclic) bond motifs is 20. The van der Waals surface area contributed by atoms with Crippen molar-refractivity contribution in [2.24, 2.45) is 0 Å². The van der Waals surface area contributed by atoms with Gasteiger partial charge in [-0.1, -0.05) is 207 Å². The van der Waals surface area contributed by atoms with Crippen LogP contribution < -0.4 is 37.9 Å². The molecule has 3 aromatic heterocycles. The lowest BCUT2D eigenvalue weighted by Gasteiger charge is -2.23. The highest BCUT2D eigenvalue weighted by molar-refractivity contribution is 6.15. The molecule has 474 valence electrons. The first-order valence-corrected chi connectivity index (χ1v) is 33.9. The molecule has 2 aliphatic rings. The van der Waals surface area contributed by atoms with Crippen molar-refractivity contribution in [1.29, 1.82) is 0 Å². The van der Waals surface area contributed by atoms with Crippen molar-refractivity contribution >= 4 is 44.1 Å². The molecule has 7 aromatic rings. The van der Waals surface area contributed by atoms with E-state index in [1.165, 1.54) is 0 Å². The van der Waals surface area contributed by atoms with Crippen molar-refractivity contribution in [1.82, 2.24) is 39.9 Å². The van der Waals surface area contributed by atoms with E-state index in [-0.39, 0.29) is 0 Å². The zero-order valence-electron chi connectivity index (χ0n) is 54.2. The molecule has 4 aromatic carbocycles. The van der Waals surface area contributed by atoms with Gasteiger partial charge in [0.1, 0.15) is 22.6 Å². The summed E-state index contributed by atoms with van der Waals surface area (Å²) >= 11 is 0. The predicted molar refractivity (Wildman–Crippen MR) is 356 cm³/mol. The van der Waals surface area contributed by atoms with Crippen LogP contribution in [0.15, 0.2) is 48.5 Å². The average Bonchev–Trinajstić information content (AvgIpc) is 1.57. The molecule has 9 rings (SSSR count). The summed E-state index contributed by atoms with van der Waals surface area (Å²) in [7, 11) is 0. The maximum atomic E-state index is 7.21. The SMILES string of the molecule is CCCCCOc1c(OCCCCC)c(OCCCCC)c2c(c1OCCCCC)-c1nc-2nc2[nH]c(nc3nc(nc4[nH]c(n1)c1ccccc41)-c1ccccc1-3)c1c(OCCCCC)c(OCCCCC)c(OCCCCC)c(OCCCCC)c21. The number of nitrogens with zero attached hydrogens (tertiary/aromatic N) is 6. The van der Waals surface area contributed by atoms with Crippen LogP contribution in [0.3, 0.4) is 0 Å². The topological polar surface area (TPSA) is 183 Å². The van der Waals surface area contributed by atoms with Crippen LogP contribution in [0.5, 0.6) is 46.0 Å². The van der Waals surface area contributed by atoms with Crippen molar-refractivity contribution < 1.29 is 37.9 Å². The van der Waals surface area contributed by atoms with Gasteiger partial charge in [-0.05, 0) is 51.4 Å². The molecule has 0 saturated carbocycles. The number of benzene rings is 4. The molecule has 16 heteroatoms. The van der Waals surface area contributed by atoms with Gasteiger partial charge in [0, 0.05) is 21.9 Å². The zero-order valence-corrected chi connectivity index (χ0v) is 54.2. The Labute approximate surface area is 522 Å². The summed E-state index contributed by atoms with van der Waals surface area (Å²) in [5.41, 5.74) is 4.84. The predicted octanol–water partition coefficient (Wildman–Crippen LogP) is 19.4. The van der Waals surface area contributed by atoms with E-state index in [0.717, 1.165) is 176 Å². The van der Waals surface area contributed by atoms with E-state index in [9.17, 15) is 0 Å². The van der Waals surface area contributed by atoms with E-state index in [1.54, 1.807) is 0 Å². The van der Waals surface area contributed by atoms with Crippen LogP contribution in [0.4, 0.5) is 0 Å². The first-order chi connectivity index (χ1) is 43.4. The molecule has 0 radical (unpaired) electrons. The summed E-state index contributed by atoms with van der Waals surface area (Å²) < 4.78 is 57.0. The van der Waals surface area contributed by atoms with Gasteiger partial charge in [-0.15, -0.1) is 0 Å². The highest BCUT2D eigenvalue weighted by atomic mass is 16.6. The minimum Gasteiger partial charge on any atom is -0.489 e. The van der Waals surface area contributed by atoms with Gasteiger partial charge in [0.05, 0.1) is 74.8 Å². The van der Waals surface area contributed by atoms with Crippen LogP contribution in [-0.2, 0) is 0 Å². The maximum absolute atomic E-state index is 7.21. The Bertz CT molecular complexity index is 3540. The van der Waals surface area contributed by atoms with E-state index >= 15 is 0 Å². The smallest absolute Gasteiger partial charge is 0.208 e. The van der Waals surface area contributed by atoms with E-state index in [1.807, 2.05) is 36.4 Å². The quantitative estimate of drug-likeness (QED) is 0.0346. The Kier molecular flexibility index (Phi) is 25.0. The summed E-state index contributed by atoms with van der Waals surface area (Å²) in [5, 5.41) is 2.95. The first-order valence-electron chi connectivity index (χ1n) is 33.9. The molecule has 0 aliphatic carbocycles. The standard InChI is InChI=1S/C72H98N8O8/c1-9-17-29-41-81-57-53-55(59(83-43-31-19-11-3)63(87-47-35-23-15-7)61(57)85-45-33-21-13-5)71-78-69(53)76-67-51-39-27-25-37-49(51)65(74-67)73-66-50-38-26-28-40-52(50)68(75-66)77-70-54-56(72(79-70)80-71)60(84-44-32-20-12-4)64(88-48-36-24-16-8)62(86-46-34-22-14-6)58(54)82-42-30-18-10-2/h25-28,37-40H,9-24,29-36,41-48H2,1-8H3,(H2,73,74,75,76,77,78,79,80). The third-order valence-corrected chi connectivity index (χ3v) is 16.1. The molecule has 0 fully saturated rings. The lowest BCUT2D eigenvalue weighted by molar-refractivity contribution is 0.221. The van der Waals surface area contributed by atoms with Gasteiger partial charge < -0.3 is 47.9 Å². The van der Waals surface area contributed by atoms with Gasteiger partial charge in [-0.25, -0.2) is 29.9 Å². The number of aromatic nitrogens is 8. The lowest BCUT2D eigenvalue weighted by Crippen LogP contribution is -2.10. The molecule has 0 unspecified atom stereocenters. The summed E-state index contributed by atoms with van der Waals surface area (Å²) in [6, 6.07) is 16.2. The number of hydrogen-bond donors (Lipinski definition) is 2. The summed E-state index contributed by atoms with van der Waals surface area (Å²) in [4.78, 5) is 40.7. The Morgan fingerprint density at radius 3 is 0.852 bits per heavy atom. The van der Waals surface area contributed by atoms with Crippen LogP contribution >= 0.6 is 0 Å². The maximum Gasteiger partial charge on any atom is 0.208 e. The normalized spacial score (nSPS) is 11.7. The Morgan fingerprint density at radius 1 is 0.261 bits per heavy atom. The summed E-state index contributed by atoms with van der Waals surface area (Å²) in [5.74, 6) is 5.53. The third-order valence-electron chi connectivity index (χ3n) is 16.1. The van der Waals surface area contributed by atoms with Gasteiger partial charge in [-0.3, -0.25) is 0 Å². The fraction of sp³-hybridized carbons (Fsp3) is 0.556. The third kappa shape index (κ3) is 15.5. The lowest BCUT2D eigenvalue weighted by atomic mass is 10.0. The number of unbranched alkanes of at least 4 members (excludes halogenated alkanes) is 16. The van der Waals surface area contributed by atoms with Crippen molar-refractivity contribution in [3.63, 3.8) is 0 Å². The van der Waals surface area contributed by atoms with Crippen LogP contribution in [0, 0.1) is 0 Å². The number of aromatic amines is 2. The molecule has 2 aliphatic heterocycles. The monoisotopic (exact) mass is 1200 g/mol. The zero-order chi connectivity index (χ0) is 61.5. The van der Waals surface area contributed by atoms with E-state index in [2.05, 4.69) is 77.5 Å². The molecule has 88 heavy (non-hydrogen) atoms. The molecule has 2 N–H and O–H groups in total. The van der Waals surface area contributed by atoms with Crippen LogP contribution in [0.1, 0.15) is 209 Å². The minimum absolute atomic E-state index is 0.322. The van der Waals surface area contributed by atoms with Gasteiger partial charge in [0.2, 0.25) is 23.0 Å². The van der Waals surface area contributed by atoms with Crippen molar-refractivity contribution in [2.45, 2.75) is 209 Å². The Hall–Kier alpha value is -7.36. The molecule has 16 nitrogen and oxygen atoms in total. The average molecular weight is 1200 g/mol. The first kappa shape index (κ1) is 65.1. The van der Waals surface area contributed by atoms with Crippen molar-refractivity contribution in [2.75, 3.05) is 52.9 Å². The van der Waals surface area contributed by atoms with E-state index in [0.29, 0.717) is 167 Å². The second-order valence-corrected chi connectivity index (χ2v) is 23.3. The van der Waals surface area contributed by atoms with Crippen molar-refractivity contribution in [3.8, 4) is 91.5 Å². The molecule has 0 spiro atoms. The minimum atomic E-state index is 0.322. The number of H-pyrrole nitrogens is 2. The summed E-state index contributed by atoms with van der Waals surface area (Å²) in [6.45, 7) is 21.0. The van der Waals surface area contributed by atoms with Gasteiger partial charge in [-0.2, -0.15) is 0 Å². The molecule has 0 amide bonds. The molecule has 8 bridgehead atoms. The Morgan fingerprint density at radius 2 is 0.511 bits per heavy atom. The number of rotatable bonds is 40. The van der Waals surface area contributed by atoms with E-state index in [4.69, 9.17) is 67.8 Å². The second kappa shape index (κ2) is 33.8.